The van der Waals surface area contributed by atoms with Crippen molar-refractivity contribution in [3.8, 4) is 5.75 Å². The van der Waals surface area contributed by atoms with Gasteiger partial charge < -0.3 is 20.0 Å². The first-order valence-corrected chi connectivity index (χ1v) is 6.11. The Balaban J connectivity index is 2.75. The Morgan fingerprint density at radius 1 is 1.35 bits per heavy atom. The predicted molar refractivity (Wildman–Crippen MR) is 71.3 cm³/mol. The normalized spacial score (nSPS) is 11.5. The highest BCUT2D eigenvalue weighted by Crippen LogP contribution is 2.11. The summed E-state index contributed by atoms with van der Waals surface area (Å²) in [4.78, 5) is 34.5. The van der Waals surface area contributed by atoms with Crippen molar-refractivity contribution in [3.05, 3.63) is 29.8 Å². The maximum atomic E-state index is 12.0. The van der Waals surface area contributed by atoms with Crippen LogP contribution in [-0.2, 0) is 14.3 Å². The average Bonchev–Trinajstić information content (AvgIpc) is 2.42. The van der Waals surface area contributed by atoms with Gasteiger partial charge in [0, 0.05) is 12.0 Å². The van der Waals surface area contributed by atoms with Crippen LogP contribution in [0.15, 0.2) is 24.3 Å². The number of nitrogens with one attached hydrogen (secondary N) is 1. The van der Waals surface area contributed by atoms with Crippen LogP contribution in [0.3, 0.4) is 0 Å². The molecule has 2 N–H and O–H groups in total. The van der Waals surface area contributed by atoms with E-state index in [0.717, 1.165) is 0 Å². The molecule has 0 spiro atoms. The summed E-state index contributed by atoms with van der Waals surface area (Å²) in [6.45, 7) is 1.41. The first-order chi connectivity index (χ1) is 9.43. The van der Waals surface area contributed by atoms with Gasteiger partial charge in [0.1, 0.15) is 17.6 Å². The number of phenolic OH excluding ortho intramolecular Hbond substituents is 1. The number of carbonyl (C=O) groups excluding carboxylic acids is 3. The molecule has 0 aliphatic carbocycles. The summed E-state index contributed by atoms with van der Waals surface area (Å²) in [6.07, 6.45) is 0.340. The number of phenols is 1. The van der Waals surface area contributed by atoms with Gasteiger partial charge in [0.2, 0.25) is 0 Å². The van der Waals surface area contributed by atoms with Crippen LogP contribution >= 0.6 is 0 Å². The topological polar surface area (TPSA) is 92.7 Å². The van der Waals surface area contributed by atoms with E-state index < -0.39 is 17.9 Å². The van der Waals surface area contributed by atoms with Gasteiger partial charge in [-0.3, -0.25) is 4.79 Å². The fraction of sp³-hybridized carbons (Fsp3) is 0.357. The minimum Gasteiger partial charge on any atom is -0.508 e. The predicted octanol–water partition coefficient (Wildman–Crippen LogP) is 1.03. The van der Waals surface area contributed by atoms with Crippen molar-refractivity contribution in [1.29, 1.82) is 0 Å². The molecule has 0 heterocycles. The van der Waals surface area contributed by atoms with Crippen LogP contribution in [0.5, 0.6) is 5.75 Å². The molecular formula is C14H17NO5. The van der Waals surface area contributed by atoms with Crippen molar-refractivity contribution >= 4 is 17.7 Å². The van der Waals surface area contributed by atoms with Gasteiger partial charge in [-0.05, 0) is 31.5 Å². The number of Topliss-reactive ketones (excluding diaryl/α,β-unsaturated/α-hetero) is 1. The fourth-order valence-electron chi connectivity index (χ4n) is 1.63. The van der Waals surface area contributed by atoms with Crippen LogP contribution in [0.25, 0.3) is 0 Å². The van der Waals surface area contributed by atoms with E-state index in [1.54, 1.807) is 0 Å². The fourth-order valence-corrected chi connectivity index (χ4v) is 1.63. The van der Waals surface area contributed by atoms with Gasteiger partial charge in [-0.2, -0.15) is 0 Å². The molecule has 0 radical (unpaired) electrons. The summed E-state index contributed by atoms with van der Waals surface area (Å²) in [7, 11) is 1.21. The van der Waals surface area contributed by atoms with Gasteiger partial charge in [-0.25, -0.2) is 4.79 Å². The zero-order chi connectivity index (χ0) is 15.1. The third kappa shape index (κ3) is 4.72. The molecular weight excluding hydrogens is 262 g/mol. The largest absolute Gasteiger partial charge is 0.508 e. The molecule has 1 amide bonds. The number of benzene rings is 1. The minimum atomic E-state index is -0.890. The molecule has 20 heavy (non-hydrogen) atoms. The van der Waals surface area contributed by atoms with Crippen molar-refractivity contribution < 1.29 is 24.2 Å². The molecule has 0 fully saturated rings. The molecule has 6 nitrogen and oxygen atoms in total. The summed E-state index contributed by atoms with van der Waals surface area (Å²) < 4.78 is 4.59. The molecule has 6 heteroatoms. The molecule has 0 bridgehead atoms. The van der Waals surface area contributed by atoms with Crippen molar-refractivity contribution in [3.63, 3.8) is 0 Å². The highest BCUT2D eigenvalue weighted by Gasteiger charge is 2.22. The lowest BCUT2D eigenvalue weighted by Crippen LogP contribution is -2.41. The third-order valence-corrected chi connectivity index (χ3v) is 2.68. The lowest BCUT2D eigenvalue weighted by molar-refractivity contribution is -0.143. The van der Waals surface area contributed by atoms with E-state index in [9.17, 15) is 19.5 Å². The summed E-state index contributed by atoms with van der Waals surface area (Å²) in [5, 5.41) is 11.8. The van der Waals surface area contributed by atoms with Gasteiger partial charge >= 0.3 is 5.97 Å². The van der Waals surface area contributed by atoms with Crippen LogP contribution in [0.4, 0.5) is 0 Å². The number of rotatable bonds is 6. The first-order valence-electron chi connectivity index (χ1n) is 6.11. The van der Waals surface area contributed by atoms with E-state index in [1.165, 1.54) is 38.3 Å². The van der Waals surface area contributed by atoms with E-state index >= 15 is 0 Å². The molecule has 1 rings (SSSR count). The molecule has 0 unspecified atom stereocenters. The number of hydrogen-bond donors (Lipinski definition) is 2. The monoisotopic (exact) mass is 279 g/mol. The number of ketones is 1. The second-order valence-electron chi connectivity index (χ2n) is 4.34. The number of methoxy groups -OCH3 is 1. The zero-order valence-electron chi connectivity index (χ0n) is 11.4. The van der Waals surface area contributed by atoms with Crippen LogP contribution in [0.2, 0.25) is 0 Å². The molecule has 0 aliphatic heterocycles. The SMILES string of the molecule is COC(=O)[C@@H](CCC(C)=O)NC(=O)c1cccc(O)c1. The van der Waals surface area contributed by atoms with E-state index in [1.807, 2.05) is 0 Å². The van der Waals surface area contributed by atoms with Gasteiger partial charge in [0.25, 0.3) is 5.91 Å². The second-order valence-corrected chi connectivity index (χ2v) is 4.34. The van der Waals surface area contributed by atoms with Crippen LogP contribution in [-0.4, -0.2) is 35.9 Å². The Labute approximate surface area is 116 Å². The lowest BCUT2D eigenvalue weighted by Gasteiger charge is -2.16. The van der Waals surface area contributed by atoms with Crippen LogP contribution < -0.4 is 5.32 Å². The molecule has 108 valence electrons. The van der Waals surface area contributed by atoms with Gasteiger partial charge in [-0.15, -0.1) is 0 Å². The van der Waals surface area contributed by atoms with Crippen molar-refractivity contribution in [2.45, 2.75) is 25.8 Å². The highest BCUT2D eigenvalue weighted by atomic mass is 16.5. The summed E-state index contributed by atoms with van der Waals surface area (Å²) in [5.74, 6) is -1.25. The van der Waals surface area contributed by atoms with E-state index in [4.69, 9.17) is 0 Å². The van der Waals surface area contributed by atoms with Gasteiger partial charge in [0.05, 0.1) is 7.11 Å². The molecule has 1 aromatic carbocycles. The number of hydrogen-bond acceptors (Lipinski definition) is 5. The summed E-state index contributed by atoms with van der Waals surface area (Å²) in [5.41, 5.74) is 0.224. The highest BCUT2D eigenvalue weighted by molar-refractivity contribution is 5.97. The van der Waals surface area contributed by atoms with E-state index in [2.05, 4.69) is 10.1 Å². The zero-order valence-corrected chi connectivity index (χ0v) is 11.4. The van der Waals surface area contributed by atoms with Crippen LogP contribution in [0, 0.1) is 0 Å². The van der Waals surface area contributed by atoms with Crippen molar-refractivity contribution in [1.82, 2.24) is 5.32 Å². The van der Waals surface area contributed by atoms with Crippen molar-refractivity contribution in [2.75, 3.05) is 7.11 Å². The molecule has 0 aromatic heterocycles. The number of carbonyl (C=O) groups is 3. The molecule has 0 saturated carbocycles. The Kier molecular flexibility index (Phi) is 5.71. The smallest absolute Gasteiger partial charge is 0.328 e. The van der Waals surface area contributed by atoms with E-state index in [0.29, 0.717) is 0 Å². The quantitative estimate of drug-likeness (QED) is 0.759. The number of ether oxygens (including phenoxy) is 1. The number of amides is 1. The molecule has 1 aromatic rings. The molecule has 0 aliphatic rings. The Bertz CT molecular complexity index is 512. The maximum absolute atomic E-state index is 12.0. The number of aromatic hydroxyl groups is 1. The first kappa shape index (κ1) is 15.7. The summed E-state index contributed by atoms with van der Waals surface area (Å²) in [6, 6.07) is 4.86. The minimum absolute atomic E-state index is 0.0454. The standard InChI is InChI=1S/C14H17NO5/c1-9(16)6-7-12(14(19)20-2)15-13(18)10-4-3-5-11(17)8-10/h3-5,8,12,17H,6-7H2,1-2H3,(H,15,18)/t12-/m1/s1. The maximum Gasteiger partial charge on any atom is 0.328 e. The number of esters is 1. The van der Waals surface area contributed by atoms with Crippen LogP contribution in [0.1, 0.15) is 30.1 Å². The summed E-state index contributed by atoms with van der Waals surface area (Å²) >= 11 is 0. The second kappa shape index (κ2) is 7.28. The average molecular weight is 279 g/mol. The van der Waals surface area contributed by atoms with Crippen molar-refractivity contribution in [2.24, 2.45) is 0 Å². The Hall–Kier alpha value is -2.37. The molecule has 0 saturated heterocycles. The lowest BCUT2D eigenvalue weighted by atomic mass is 10.1. The molecule has 1 atom stereocenters. The van der Waals surface area contributed by atoms with Gasteiger partial charge in [-0.1, -0.05) is 6.07 Å². The Morgan fingerprint density at radius 2 is 2.05 bits per heavy atom. The third-order valence-electron chi connectivity index (χ3n) is 2.68. The van der Waals surface area contributed by atoms with Gasteiger partial charge in [0.15, 0.2) is 0 Å². The van der Waals surface area contributed by atoms with E-state index in [-0.39, 0.29) is 29.9 Å². The Morgan fingerprint density at radius 3 is 2.60 bits per heavy atom.